The quantitative estimate of drug-likeness (QED) is 0.610. The number of hydrogen-bond acceptors (Lipinski definition) is 5. The fourth-order valence-electron chi connectivity index (χ4n) is 4.73. The van der Waals surface area contributed by atoms with E-state index < -0.39 is 23.7 Å². The number of halogens is 1. The van der Waals surface area contributed by atoms with Crippen LogP contribution in [0.3, 0.4) is 0 Å². The Hall–Kier alpha value is -3.42. The third kappa shape index (κ3) is 4.62. The third-order valence-corrected chi connectivity index (χ3v) is 6.20. The van der Waals surface area contributed by atoms with Gasteiger partial charge in [-0.05, 0) is 69.0 Å². The maximum absolute atomic E-state index is 13.7. The zero-order valence-electron chi connectivity index (χ0n) is 19.8. The number of fused-ring (bicyclic) bond motifs is 1. The number of amides is 2. The smallest absolute Gasteiger partial charge is 0.410 e. The van der Waals surface area contributed by atoms with Crippen molar-refractivity contribution in [2.75, 3.05) is 13.7 Å². The van der Waals surface area contributed by atoms with Gasteiger partial charge in [-0.2, -0.15) is 0 Å². The molecule has 34 heavy (non-hydrogen) atoms. The highest BCUT2D eigenvalue weighted by molar-refractivity contribution is 6.01. The molecule has 2 aliphatic rings. The topological polar surface area (TPSA) is 76.2 Å². The first-order chi connectivity index (χ1) is 16.1. The van der Waals surface area contributed by atoms with Gasteiger partial charge in [-0.25, -0.2) is 14.0 Å². The first-order valence-corrected chi connectivity index (χ1v) is 11.4. The minimum atomic E-state index is -0.679. The van der Waals surface area contributed by atoms with Gasteiger partial charge in [-0.15, -0.1) is 0 Å². The first-order valence-electron chi connectivity index (χ1n) is 11.4. The molecule has 1 saturated heterocycles. The molecule has 2 unspecified atom stereocenters. The van der Waals surface area contributed by atoms with Crippen LogP contribution < -0.4 is 0 Å². The molecule has 2 amide bonds. The standard InChI is InChI=1S/C26H29FN2O5/c1-26(2,3)34-25(32)28-13-5-6-21(22(28)16-9-11-19(27)12-10-16)29-15-18-8-7-17(24(31)33-4)14-20(18)23(29)30/h7-12,14,21-22H,5-6,13,15H2,1-4H3. The van der Waals surface area contributed by atoms with Gasteiger partial charge >= 0.3 is 12.1 Å². The second-order valence-electron chi connectivity index (χ2n) is 9.68. The van der Waals surface area contributed by atoms with Crippen LogP contribution in [-0.4, -0.2) is 53.1 Å². The Balaban J connectivity index is 1.70. The van der Waals surface area contributed by atoms with Crippen molar-refractivity contribution in [1.29, 1.82) is 0 Å². The SMILES string of the molecule is COC(=O)c1ccc2c(c1)C(=O)N(C1CCCN(C(=O)OC(C)(C)C)C1c1ccc(F)cc1)C2. The number of rotatable bonds is 3. The molecule has 4 rings (SSSR count). The van der Waals surface area contributed by atoms with Crippen molar-refractivity contribution in [3.8, 4) is 0 Å². The molecule has 2 aliphatic heterocycles. The molecule has 0 aliphatic carbocycles. The Kier molecular flexibility index (Phi) is 6.34. The molecule has 0 bridgehead atoms. The first kappa shape index (κ1) is 23.7. The molecular weight excluding hydrogens is 439 g/mol. The second kappa shape index (κ2) is 9.08. The van der Waals surface area contributed by atoms with E-state index >= 15 is 0 Å². The van der Waals surface area contributed by atoms with E-state index in [1.54, 1.807) is 60.9 Å². The molecular formula is C26H29FN2O5. The van der Waals surface area contributed by atoms with E-state index in [1.165, 1.54) is 19.2 Å². The molecule has 2 aromatic carbocycles. The van der Waals surface area contributed by atoms with Crippen molar-refractivity contribution in [3.63, 3.8) is 0 Å². The fraction of sp³-hybridized carbons (Fsp3) is 0.423. The van der Waals surface area contributed by atoms with Crippen LogP contribution in [0.25, 0.3) is 0 Å². The van der Waals surface area contributed by atoms with Crippen LogP contribution in [0.4, 0.5) is 9.18 Å². The van der Waals surface area contributed by atoms with Crippen molar-refractivity contribution in [1.82, 2.24) is 9.80 Å². The van der Waals surface area contributed by atoms with Gasteiger partial charge in [-0.3, -0.25) is 9.69 Å². The molecule has 180 valence electrons. The van der Waals surface area contributed by atoms with Crippen LogP contribution in [0.2, 0.25) is 0 Å². The molecule has 2 atom stereocenters. The predicted octanol–water partition coefficient (Wildman–Crippen LogP) is 4.71. The third-order valence-electron chi connectivity index (χ3n) is 6.20. The van der Waals surface area contributed by atoms with Crippen LogP contribution in [0, 0.1) is 5.82 Å². The van der Waals surface area contributed by atoms with E-state index in [-0.39, 0.29) is 17.8 Å². The number of ether oxygens (including phenoxy) is 2. The average molecular weight is 469 g/mol. The number of nitrogens with zero attached hydrogens (tertiary/aromatic N) is 2. The number of benzene rings is 2. The number of likely N-dealkylation sites (tertiary alicyclic amines) is 1. The summed E-state index contributed by atoms with van der Waals surface area (Å²) in [6, 6.07) is 10.2. The Morgan fingerprint density at radius 2 is 1.79 bits per heavy atom. The van der Waals surface area contributed by atoms with Crippen LogP contribution >= 0.6 is 0 Å². The predicted molar refractivity (Wildman–Crippen MR) is 123 cm³/mol. The van der Waals surface area contributed by atoms with Crippen LogP contribution in [0.5, 0.6) is 0 Å². The van der Waals surface area contributed by atoms with Gasteiger partial charge in [0.05, 0.1) is 24.8 Å². The van der Waals surface area contributed by atoms with Gasteiger partial charge in [0.2, 0.25) is 0 Å². The number of carbonyl (C=O) groups is 3. The van der Waals surface area contributed by atoms with E-state index in [9.17, 15) is 18.8 Å². The highest BCUT2D eigenvalue weighted by Crippen LogP contribution is 2.39. The summed E-state index contributed by atoms with van der Waals surface area (Å²) in [6.45, 7) is 6.24. The van der Waals surface area contributed by atoms with E-state index in [4.69, 9.17) is 9.47 Å². The van der Waals surface area contributed by atoms with Gasteiger partial charge in [-0.1, -0.05) is 18.2 Å². The molecule has 0 radical (unpaired) electrons. The van der Waals surface area contributed by atoms with Gasteiger partial charge in [0.15, 0.2) is 0 Å². The fourth-order valence-corrected chi connectivity index (χ4v) is 4.73. The van der Waals surface area contributed by atoms with Gasteiger partial charge in [0.1, 0.15) is 11.4 Å². The van der Waals surface area contributed by atoms with E-state index in [0.717, 1.165) is 11.1 Å². The van der Waals surface area contributed by atoms with E-state index in [2.05, 4.69) is 0 Å². The summed E-state index contributed by atoms with van der Waals surface area (Å²) in [5.74, 6) is -1.09. The Labute approximate surface area is 198 Å². The number of piperidine rings is 1. The van der Waals surface area contributed by atoms with E-state index in [0.29, 0.717) is 37.1 Å². The van der Waals surface area contributed by atoms with Crippen molar-refractivity contribution in [3.05, 3.63) is 70.5 Å². The van der Waals surface area contributed by atoms with Crippen molar-refractivity contribution >= 4 is 18.0 Å². The van der Waals surface area contributed by atoms with Gasteiger partial charge in [0, 0.05) is 18.7 Å². The largest absolute Gasteiger partial charge is 0.465 e. The summed E-state index contributed by atoms with van der Waals surface area (Å²) in [4.78, 5) is 42.0. The summed E-state index contributed by atoms with van der Waals surface area (Å²) in [5.41, 5.74) is 1.63. The highest BCUT2D eigenvalue weighted by Gasteiger charge is 2.44. The zero-order valence-corrected chi connectivity index (χ0v) is 19.8. The minimum Gasteiger partial charge on any atom is -0.465 e. The Morgan fingerprint density at radius 1 is 1.09 bits per heavy atom. The molecule has 0 spiro atoms. The lowest BCUT2D eigenvalue weighted by Gasteiger charge is -2.45. The summed E-state index contributed by atoms with van der Waals surface area (Å²) in [7, 11) is 1.30. The molecule has 1 fully saturated rings. The van der Waals surface area contributed by atoms with Gasteiger partial charge < -0.3 is 14.4 Å². The summed E-state index contributed by atoms with van der Waals surface area (Å²) in [5, 5.41) is 0. The molecule has 0 N–H and O–H groups in total. The molecule has 7 nitrogen and oxygen atoms in total. The average Bonchev–Trinajstić information content (AvgIpc) is 3.13. The van der Waals surface area contributed by atoms with Crippen LogP contribution in [0.1, 0.15) is 71.5 Å². The summed E-state index contributed by atoms with van der Waals surface area (Å²) >= 11 is 0. The van der Waals surface area contributed by atoms with Crippen molar-refractivity contribution in [2.24, 2.45) is 0 Å². The monoisotopic (exact) mass is 468 g/mol. The molecule has 2 heterocycles. The maximum atomic E-state index is 13.7. The lowest BCUT2D eigenvalue weighted by molar-refractivity contribution is -0.00969. The van der Waals surface area contributed by atoms with Gasteiger partial charge in [0.25, 0.3) is 5.91 Å². The maximum Gasteiger partial charge on any atom is 0.410 e. The molecule has 0 aromatic heterocycles. The van der Waals surface area contributed by atoms with Crippen molar-refractivity contribution < 1.29 is 28.2 Å². The highest BCUT2D eigenvalue weighted by atomic mass is 19.1. The minimum absolute atomic E-state index is 0.205. The number of carbonyl (C=O) groups excluding carboxylic acids is 3. The number of esters is 1. The zero-order chi connectivity index (χ0) is 24.6. The number of methoxy groups -OCH3 is 1. The lowest BCUT2D eigenvalue weighted by Crippen LogP contribution is -2.53. The van der Waals surface area contributed by atoms with Crippen LogP contribution in [0.15, 0.2) is 42.5 Å². The molecule has 0 saturated carbocycles. The number of hydrogen-bond donors (Lipinski definition) is 0. The Morgan fingerprint density at radius 3 is 2.44 bits per heavy atom. The summed E-state index contributed by atoms with van der Waals surface area (Å²) < 4.78 is 24.1. The summed E-state index contributed by atoms with van der Waals surface area (Å²) in [6.07, 6.45) is 0.892. The normalized spacial score (nSPS) is 20.2. The Bertz CT molecular complexity index is 1110. The van der Waals surface area contributed by atoms with Crippen LogP contribution in [-0.2, 0) is 16.0 Å². The molecule has 2 aromatic rings. The van der Waals surface area contributed by atoms with E-state index in [1.807, 2.05) is 0 Å². The lowest BCUT2D eigenvalue weighted by atomic mass is 9.89. The second-order valence-corrected chi connectivity index (χ2v) is 9.68. The molecule has 8 heteroatoms. The van der Waals surface area contributed by atoms with Crippen molar-refractivity contribution in [2.45, 2.75) is 57.8 Å².